The summed E-state index contributed by atoms with van der Waals surface area (Å²) in [5.74, 6) is -5.59. The molecule has 1 atom stereocenters. The quantitative estimate of drug-likeness (QED) is 0.478. The molecule has 0 bridgehead atoms. The lowest BCUT2D eigenvalue weighted by atomic mass is 9.87. The summed E-state index contributed by atoms with van der Waals surface area (Å²) in [6.07, 6.45) is 3.56. The molecular formula is C14H12O6. The maximum atomic E-state index is 11.0. The number of allylic oxidation sites excluding steroid dienone is 2. The molecule has 1 aromatic rings. The number of benzene rings is 1. The van der Waals surface area contributed by atoms with Crippen molar-refractivity contribution in [2.75, 3.05) is 0 Å². The van der Waals surface area contributed by atoms with Crippen LogP contribution in [0.4, 0.5) is 0 Å². The van der Waals surface area contributed by atoms with Gasteiger partial charge in [-0.1, -0.05) is 24.3 Å². The highest BCUT2D eigenvalue weighted by atomic mass is 16.5. The number of rotatable bonds is 3. The largest absolute Gasteiger partial charge is 0.478 e. The highest BCUT2D eigenvalue weighted by Gasteiger charge is 2.34. The van der Waals surface area contributed by atoms with Gasteiger partial charge in [0.2, 0.25) is 5.79 Å². The van der Waals surface area contributed by atoms with Crippen LogP contribution in [0, 0.1) is 0 Å². The van der Waals surface area contributed by atoms with E-state index in [2.05, 4.69) is 0 Å². The molecule has 0 spiro atoms. The van der Waals surface area contributed by atoms with Crippen molar-refractivity contribution < 1.29 is 30.0 Å². The first-order chi connectivity index (χ1) is 9.31. The van der Waals surface area contributed by atoms with Crippen LogP contribution in [-0.2, 0) is 4.79 Å². The second-order valence-corrected chi connectivity index (χ2v) is 4.43. The Labute approximate surface area is 113 Å². The standard InChI is InChI=1S/C14H12O6/c15-12(16)10-3-1-2-8(6-10)9-4-5-14(19,20)11(7-9)13(17)18/h1-7,9,19-20H,(H,15,16)(H,17,18). The van der Waals surface area contributed by atoms with E-state index in [9.17, 15) is 19.8 Å². The van der Waals surface area contributed by atoms with E-state index in [4.69, 9.17) is 10.2 Å². The molecule has 0 aliphatic heterocycles. The Kier molecular flexibility index (Phi) is 3.44. The molecule has 6 nitrogen and oxygen atoms in total. The molecule has 0 saturated carbocycles. The minimum atomic E-state index is -2.52. The lowest BCUT2D eigenvalue weighted by Gasteiger charge is -2.25. The Bertz CT molecular complexity index is 626. The number of carbonyl (C=O) groups is 2. The summed E-state index contributed by atoms with van der Waals surface area (Å²) in [5.41, 5.74) is 0.0622. The van der Waals surface area contributed by atoms with Gasteiger partial charge in [-0.15, -0.1) is 0 Å². The molecule has 0 heterocycles. The zero-order chi connectivity index (χ0) is 14.9. The molecule has 1 aliphatic carbocycles. The van der Waals surface area contributed by atoms with E-state index in [1.165, 1.54) is 24.3 Å². The van der Waals surface area contributed by atoms with Gasteiger partial charge in [0.25, 0.3) is 0 Å². The zero-order valence-electron chi connectivity index (χ0n) is 10.2. The zero-order valence-corrected chi connectivity index (χ0v) is 10.2. The minimum absolute atomic E-state index is 0.0750. The summed E-state index contributed by atoms with van der Waals surface area (Å²) in [4.78, 5) is 21.9. The monoisotopic (exact) mass is 276 g/mol. The first kappa shape index (κ1) is 14.0. The van der Waals surface area contributed by atoms with Gasteiger partial charge in [-0.3, -0.25) is 0 Å². The molecule has 0 radical (unpaired) electrons. The Morgan fingerprint density at radius 3 is 2.40 bits per heavy atom. The SMILES string of the molecule is O=C(O)C1=CC(c2cccc(C(=O)O)c2)C=CC1(O)O. The molecule has 104 valence electrons. The fourth-order valence-corrected chi connectivity index (χ4v) is 2.00. The van der Waals surface area contributed by atoms with Crippen molar-refractivity contribution in [3.8, 4) is 0 Å². The lowest BCUT2D eigenvalue weighted by Crippen LogP contribution is -2.34. The van der Waals surface area contributed by atoms with Crippen LogP contribution in [0.3, 0.4) is 0 Å². The van der Waals surface area contributed by atoms with Crippen molar-refractivity contribution in [3.63, 3.8) is 0 Å². The van der Waals surface area contributed by atoms with E-state index in [0.29, 0.717) is 5.56 Å². The van der Waals surface area contributed by atoms with Crippen LogP contribution < -0.4 is 0 Å². The molecule has 6 heteroatoms. The van der Waals surface area contributed by atoms with Crippen LogP contribution in [0.2, 0.25) is 0 Å². The van der Waals surface area contributed by atoms with Gasteiger partial charge in [-0.2, -0.15) is 0 Å². The second kappa shape index (κ2) is 4.92. The van der Waals surface area contributed by atoms with Crippen LogP contribution in [0.5, 0.6) is 0 Å². The van der Waals surface area contributed by atoms with E-state index in [0.717, 1.165) is 6.08 Å². The van der Waals surface area contributed by atoms with E-state index in [1.807, 2.05) is 0 Å². The van der Waals surface area contributed by atoms with Crippen molar-refractivity contribution >= 4 is 11.9 Å². The van der Waals surface area contributed by atoms with Crippen molar-refractivity contribution in [2.45, 2.75) is 11.7 Å². The summed E-state index contributed by atoms with van der Waals surface area (Å²) in [7, 11) is 0. The summed E-state index contributed by atoms with van der Waals surface area (Å²) >= 11 is 0. The Hall–Kier alpha value is -2.44. The number of aromatic carboxylic acids is 1. The Morgan fingerprint density at radius 1 is 1.10 bits per heavy atom. The van der Waals surface area contributed by atoms with Crippen molar-refractivity contribution in [2.24, 2.45) is 0 Å². The molecule has 4 N–H and O–H groups in total. The third-order valence-electron chi connectivity index (χ3n) is 3.03. The molecule has 2 rings (SSSR count). The summed E-state index contributed by atoms with van der Waals surface area (Å²) in [6.45, 7) is 0. The maximum absolute atomic E-state index is 11.0. The van der Waals surface area contributed by atoms with Crippen LogP contribution >= 0.6 is 0 Å². The molecule has 1 unspecified atom stereocenters. The number of carboxylic acids is 2. The first-order valence-electron chi connectivity index (χ1n) is 5.74. The fourth-order valence-electron chi connectivity index (χ4n) is 2.00. The lowest BCUT2D eigenvalue weighted by molar-refractivity contribution is -0.143. The molecule has 0 fully saturated rings. The van der Waals surface area contributed by atoms with Gasteiger partial charge >= 0.3 is 11.9 Å². The molecule has 1 aliphatic rings. The maximum Gasteiger partial charge on any atom is 0.337 e. The number of hydrogen-bond donors (Lipinski definition) is 4. The molecule has 0 amide bonds. The average Bonchev–Trinajstić information content (AvgIpc) is 2.38. The second-order valence-electron chi connectivity index (χ2n) is 4.43. The highest BCUT2D eigenvalue weighted by molar-refractivity contribution is 5.90. The average molecular weight is 276 g/mol. The summed E-state index contributed by atoms with van der Waals surface area (Å²) in [6, 6.07) is 6.01. The normalized spacial score (nSPS) is 20.3. The molecule has 0 aromatic heterocycles. The third kappa shape index (κ3) is 2.61. The van der Waals surface area contributed by atoms with Gasteiger partial charge < -0.3 is 20.4 Å². The molecule has 1 aromatic carbocycles. The van der Waals surface area contributed by atoms with Crippen LogP contribution in [0.1, 0.15) is 21.8 Å². The minimum Gasteiger partial charge on any atom is -0.478 e. The predicted molar refractivity (Wildman–Crippen MR) is 68.2 cm³/mol. The number of aliphatic carboxylic acids is 1. The van der Waals surface area contributed by atoms with E-state index in [1.54, 1.807) is 12.1 Å². The molecule has 20 heavy (non-hydrogen) atoms. The summed E-state index contributed by atoms with van der Waals surface area (Å²) in [5, 5.41) is 37.0. The van der Waals surface area contributed by atoms with Gasteiger partial charge in [0.1, 0.15) is 0 Å². The van der Waals surface area contributed by atoms with Gasteiger partial charge in [-0.05, 0) is 23.8 Å². The van der Waals surface area contributed by atoms with Crippen molar-refractivity contribution in [1.82, 2.24) is 0 Å². The molecular weight excluding hydrogens is 264 g/mol. The summed E-state index contributed by atoms with van der Waals surface area (Å²) < 4.78 is 0. The van der Waals surface area contributed by atoms with E-state index < -0.39 is 29.2 Å². The first-order valence-corrected chi connectivity index (χ1v) is 5.74. The van der Waals surface area contributed by atoms with Crippen molar-refractivity contribution in [1.29, 1.82) is 0 Å². The number of aliphatic hydroxyl groups is 2. The number of hydrogen-bond acceptors (Lipinski definition) is 4. The van der Waals surface area contributed by atoms with Crippen LogP contribution in [0.25, 0.3) is 0 Å². The van der Waals surface area contributed by atoms with Gasteiger partial charge in [0, 0.05) is 5.92 Å². The third-order valence-corrected chi connectivity index (χ3v) is 3.03. The fraction of sp³-hybridized carbons (Fsp3) is 0.143. The smallest absolute Gasteiger partial charge is 0.337 e. The van der Waals surface area contributed by atoms with Crippen molar-refractivity contribution in [3.05, 3.63) is 59.2 Å². The molecule has 0 saturated heterocycles. The Balaban J connectivity index is 2.42. The topological polar surface area (TPSA) is 115 Å². The predicted octanol–water partition coefficient (Wildman–Crippen LogP) is 0.730. The van der Waals surface area contributed by atoms with Crippen LogP contribution in [0.15, 0.2) is 48.1 Å². The van der Waals surface area contributed by atoms with Gasteiger partial charge in [0.05, 0.1) is 11.1 Å². The van der Waals surface area contributed by atoms with E-state index >= 15 is 0 Å². The van der Waals surface area contributed by atoms with E-state index in [-0.39, 0.29) is 5.56 Å². The Morgan fingerprint density at radius 2 is 1.80 bits per heavy atom. The van der Waals surface area contributed by atoms with Crippen LogP contribution in [-0.4, -0.2) is 38.2 Å². The van der Waals surface area contributed by atoms with Gasteiger partial charge in [-0.25, -0.2) is 9.59 Å². The number of carboxylic acid groups (broad SMARTS) is 2. The van der Waals surface area contributed by atoms with Gasteiger partial charge in [0.15, 0.2) is 0 Å². The highest BCUT2D eigenvalue weighted by Crippen LogP contribution is 2.30.